The van der Waals surface area contributed by atoms with Gasteiger partial charge in [-0.25, -0.2) is 9.97 Å². The predicted octanol–water partition coefficient (Wildman–Crippen LogP) is 4.49. The highest BCUT2D eigenvalue weighted by Crippen LogP contribution is 2.22. The second kappa shape index (κ2) is 6.84. The summed E-state index contributed by atoms with van der Waals surface area (Å²) in [4.78, 5) is 20.4. The molecule has 1 N–H and O–H groups in total. The summed E-state index contributed by atoms with van der Waals surface area (Å²) in [6.45, 7) is 3.76. The molecule has 3 aromatic rings. The van der Waals surface area contributed by atoms with Crippen LogP contribution >= 0.6 is 15.9 Å². The van der Waals surface area contributed by atoms with E-state index >= 15 is 0 Å². The summed E-state index contributed by atoms with van der Waals surface area (Å²) in [5.74, 6) is 0.483. The molecule has 2 heterocycles. The van der Waals surface area contributed by atoms with Crippen molar-refractivity contribution in [1.82, 2.24) is 9.97 Å². The zero-order chi connectivity index (χ0) is 17.1. The third-order valence-electron chi connectivity index (χ3n) is 3.08. The van der Waals surface area contributed by atoms with E-state index in [0.717, 1.165) is 11.4 Å². The zero-order valence-electron chi connectivity index (χ0n) is 13.0. The van der Waals surface area contributed by atoms with E-state index in [-0.39, 0.29) is 11.7 Å². The molecule has 24 heavy (non-hydrogen) atoms. The molecule has 0 aliphatic heterocycles. The van der Waals surface area contributed by atoms with E-state index < -0.39 is 0 Å². The quantitative estimate of drug-likeness (QED) is 0.713. The summed E-state index contributed by atoms with van der Waals surface area (Å²) in [5, 5.41) is 2.74. The lowest BCUT2D eigenvalue weighted by Crippen LogP contribution is -2.10. The fraction of sp³-hybridized carbons (Fsp3) is 0.118. The molecule has 122 valence electrons. The van der Waals surface area contributed by atoms with Crippen molar-refractivity contribution < 1.29 is 13.9 Å². The average molecular weight is 388 g/mol. The number of carbonyl (C=O) groups is 1. The van der Waals surface area contributed by atoms with E-state index in [9.17, 15) is 4.79 Å². The molecule has 0 saturated carbocycles. The molecule has 0 bridgehead atoms. The number of furan rings is 1. The van der Waals surface area contributed by atoms with Gasteiger partial charge in [-0.3, -0.25) is 4.79 Å². The van der Waals surface area contributed by atoms with Gasteiger partial charge in [-0.15, -0.1) is 0 Å². The normalized spacial score (nSPS) is 10.5. The first kappa shape index (κ1) is 16.2. The number of carbonyl (C=O) groups excluding carboxylic acids is 1. The van der Waals surface area contributed by atoms with Crippen LogP contribution in [0.15, 0.2) is 51.6 Å². The van der Waals surface area contributed by atoms with Gasteiger partial charge in [-0.2, -0.15) is 0 Å². The summed E-state index contributed by atoms with van der Waals surface area (Å²) in [5.41, 5.74) is 2.30. The monoisotopic (exact) mass is 387 g/mol. The standard InChI is InChI=1S/C17H14BrN3O3/c1-10-9-11(2)20-17(19-10)23-13-5-3-12(4-6-13)21-16(22)14-7-8-15(18)24-14/h3-9H,1-2H3,(H,21,22). The van der Waals surface area contributed by atoms with Crippen molar-refractivity contribution in [3.05, 3.63) is 64.3 Å². The lowest BCUT2D eigenvalue weighted by atomic mass is 10.3. The second-order valence-corrected chi connectivity index (χ2v) is 5.90. The first-order valence-corrected chi connectivity index (χ1v) is 7.96. The van der Waals surface area contributed by atoms with Gasteiger partial charge in [-0.1, -0.05) is 0 Å². The van der Waals surface area contributed by atoms with Crippen LogP contribution in [-0.4, -0.2) is 15.9 Å². The largest absolute Gasteiger partial charge is 0.444 e. The summed E-state index contributed by atoms with van der Waals surface area (Å²) < 4.78 is 11.3. The third-order valence-corrected chi connectivity index (χ3v) is 3.51. The van der Waals surface area contributed by atoms with Crippen LogP contribution in [0.3, 0.4) is 0 Å². The SMILES string of the molecule is Cc1cc(C)nc(Oc2ccc(NC(=O)c3ccc(Br)o3)cc2)n1. The van der Waals surface area contributed by atoms with E-state index in [1.54, 1.807) is 36.4 Å². The number of hydrogen-bond donors (Lipinski definition) is 1. The average Bonchev–Trinajstić information content (AvgIpc) is 2.95. The Labute approximate surface area is 147 Å². The predicted molar refractivity (Wildman–Crippen MR) is 92.4 cm³/mol. The Kier molecular flexibility index (Phi) is 4.61. The van der Waals surface area contributed by atoms with Gasteiger partial charge in [0, 0.05) is 17.1 Å². The van der Waals surface area contributed by atoms with Crippen molar-refractivity contribution >= 4 is 27.5 Å². The number of rotatable bonds is 4. The molecule has 0 spiro atoms. The van der Waals surface area contributed by atoms with Crippen molar-refractivity contribution in [3.63, 3.8) is 0 Å². The lowest BCUT2D eigenvalue weighted by Gasteiger charge is -2.07. The van der Waals surface area contributed by atoms with Gasteiger partial charge in [0.25, 0.3) is 5.91 Å². The van der Waals surface area contributed by atoms with Gasteiger partial charge in [0.2, 0.25) is 0 Å². The molecule has 0 saturated heterocycles. The molecule has 3 rings (SSSR count). The Hall–Kier alpha value is -2.67. The molecule has 0 aliphatic carbocycles. The highest BCUT2D eigenvalue weighted by molar-refractivity contribution is 9.10. The van der Waals surface area contributed by atoms with E-state index in [1.807, 2.05) is 19.9 Å². The van der Waals surface area contributed by atoms with Crippen molar-refractivity contribution in [3.8, 4) is 11.8 Å². The molecule has 1 amide bonds. The van der Waals surface area contributed by atoms with Gasteiger partial charge in [0.05, 0.1) is 0 Å². The molecule has 0 radical (unpaired) electrons. The molecule has 1 aromatic carbocycles. The number of ether oxygens (including phenoxy) is 1. The topological polar surface area (TPSA) is 77.2 Å². The molecule has 0 aliphatic rings. The van der Waals surface area contributed by atoms with Gasteiger partial charge >= 0.3 is 6.01 Å². The van der Waals surface area contributed by atoms with Crippen molar-refractivity contribution in [2.24, 2.45) is 0 Å². The second-order valence-electron chi connectivity index (χ2n) is 5.12. The minimum Gasteiger partial charge on any atom is -0.444 e. The first-order valence-electron chi connectivity index (χ1n) is 7.16. The maximum absolute atomic E-state index is 12.0. The van der Waals surface area contributed by atoms with E-state index in [2.05, 4.69) is 31.2 Å². The number of aryl methyl sites for hydroxylation is 2. The minimum atomic E-state index is -0.327. The van der Waals surface area contributed by atoms with Crippen molar-refractivity contribution in [2.75, 3.05) is 5.32 Å². The number of aromatic nitrogens is 2. The Morgan fingerprint density at radius 2 is 1.75 bits per heavy atom. The highest BCUT2D eigenvalue weighted by atomic mass is 79.9. The summed E-state index contributed by atoms with van der Waals surface area (Å²) >= 11 is 3.16. The molecule has 0 fully saturated rings. The van der Waals surface area contributed by atoms with Crippen LogP contribution in [0.1, 0.15) is 21.9 Å². The Balaban J connectivity index is 1.68. The number of amides is 1. The maximum Gasteiger partial charge on any atom is 0.322 e. The fourth-order valence-electron chi connectivity index (χ4n) is 2.08. The zero-order valence-corrected chi connectivity index (χ0v) is 14.6. The molecule has 2 aromatic heterocycles. The van der Waals surface area contributed by atoms with Crippen molar-refractivity contribution in [2.45, 2.75) is 13.8 Å². The molecular formula is C17H14BrN3O3. The van der Waals surface area contributed by atoms with Crippen LogP contribution in [0.25, 0.3) is 0 Å². The molecule has 7 heteroatoms. The van der Waals surface area contributed by atoms with Gasteiger partial charge in [-0.05, 0) is 72.2 Å². The van der Waals surface area contributed by atoms with Gasteiger partial charge in [0.15, 0.2) is 10.4 Å². The molecular weight excluding hydrogens is 374 g/mol. The smallest absolute Gasteiger partial charge is 0.322 e. The highest BCUT2D eigenvalue weighted by Gasteiger charge is 2.11. The number of nitrogens with one attached hydrogen (secondary N) is 1. The maximum atomic E-state index is 12.0. The van der Waals surface area contributed by atoms with E-state index in [4.69, 9.17) is 9.15 Å². The summed E-state index contributed by atoms with van der Waals surface area (Å²) in [6, 6.07) is 12.3. The Bertz CT molecular complexity index is 855. The molecule has 6 nitrogen and oxygen atoms in total. The third kappa shape index (κ3) is 3.99. The van der Waals surface area contributed by atoms with Crippen LogP contribution in [-0.2, 0) is 0 Å². The fourth-order valence-corrected chi connectivity index (χ4v) is 2.39. The van der Waals surface area contributed by atoms with E-state index in [1.165, 1.54) is 0 Å². The summed E-state index contributed by atoms with van der Waals surface area (Å²) in [6.07, 6.45) is 0. The lowest BCUT2D eigenvalue weighted by molar-refractivity contribution is 0.0995. The number of anilines is 1. The van der Waals surface area contributed by atoms with Crippen LogP contribution in [0, 0.1) is 13.8 Å². The number of benzene rings is 1. The Morgan fingerprint density at radius 3 is 2.33 bits per heavy atom. The number of hydrogen-bond acceptors (Lipinski definition) is 5. The van der Waals surface area contributed by atoms with Gasteiger partial charge in [0.1, 0.15) is 5.75 Å². The van der Waals surface area contributed by atoms with Crippen LogP contribution in [0.4, 0.5) is 5.69 Å². The van der Waals surface area contributed by atoms with Crippen LogP contribution in [0.5, 0.6) is 11.8 Å². The van der Waals surface area contributed by atoms with Gasteiger partial charge < -0.3 is 14.5 Å². The molecule has 0 atom stereocenters. The van der Waals surface area contributed by atoms with Crippen molar-refractivity contribution in [1.29, 1.82) is 0 Å². The number of nitrogens with zero attached hydrogens (tertiary/aromatic N) is 2. The van der Waals surface area contributed by atoms with Crippen LogP contribution in [0.2, 0.25) is 0 Å². The first-order chi connectivity index (χ1) is 11.5. The van der Waals surface area contributed by atoms with E-state index in [0.29, 0.717) is 22.1 Å². The Morgan fingerprint density at radius 1 is 1.08 bits per heavy atom. The molecule has 0 unspecified atom stereocenters. The van der Waals surface area contributed by atoms with Crippen LogP contribution < -0.4 is 10.1 Å². The number of halogens is 1. The summed E-state index contributed by atoms with van der Waals surface area (Å²) in [7, 11) is 0. The minimum absolute atomic E-state index is 0.228.